The van der Waals surface area contributed by atoms with Crippen molar-refractivity contribution in [1.82, 2.24) is 0 Å². The van der Waals surface area contributed by atoms with Crippen LogP contribution in [0.3, 0.4) is 0 Å². The third-order valence-electron chi connectivity index (χ3n) is 0.882. The molecule has 1 aromatic carbocycles. The van der Waals surface area contributed by atoms with Gasteiger partial charge in [0.05, 0.1) is 0 Å². The minimum Gasteiger partial charge on any atom is -0.504 e. The Morgan fingerprint density at radius 1 is 0.889 bits per heavy atom. The number of para-hydroxylation sites is 2. The van der Waals surface area contributed by atoms with Crippen LogP contribution < -0.4 is 0 Å². The molecule has 3 nitrogen and oxygen atoms in total. The molecular weight excluding hydrogens is 120 g/mol. The Labute approximate surface area is 52.5 Å². The van der Waals surface area contributed by atoms with E-state index in [1.165, 1.54) is 12.1 Å². The minimum atomic E-state index is -0.0764. The van der Waals surface area contributed by atoms with Crippen molar-refractivity contribution in [3.8, 4) is 11.5 Å². The lowest BCUT2D eigenvalue weighted by Crippen LogP contribution is -1.63. The molecule has 0 saturated carbocycles. The van der Waals surface area contributed by atoms with Gasteiger partial charge in [-0.25, -0.2) is 0 Å². The quantitative estimate of drug-likeness (QED) is 0.492. The van der Waals surface area contributed by atoms with Gasteiger partial charge in [0.1, 0.15) is 0 Å². The second-order valence-electron chi connectivity index (χ2n) is 1.49. The predicted molar refractivity (Wildman–Crippen MR) is 33.4 cm³/mol. The molecule has 0 aromatic heterocycles. The third kappa shape index (κ3) is 1.62. The predicted octanol–water partition coefficient (Wildman–Crippen LogP) is 0.273. The summed E-state index contributed by atoms with van der Waals surface area (Å²) in [5.41, 5.74) is 0. The van der Waals surface area contributed by atoms with Crippen molar-refractivity contribution in [3.05, 3.63) is 24.3 Å². The van der Waals surface area contributed by atoms with Gasteiger partial charge < -0.3 is 15.7 Å². The second-order valence-corrected chi connectivity index (χ2v) is 1.49. The van der Waals surface area contributed by atoms with Crippen LogP contribution in [-0.4, -0.2) is 15.7 Å². The molecule has 0 aliphatic heterocycles. The molecule has 0 aliphatic rings. The van der Waals surface area contributed by atoms with Crippen molar-refractivity contribution in [1.29, 1.82) is 0 Å². The third-order valence-corrected chi connectivity index (χ3v) is 0.882. The van der Waals surface area contributed by atoms with E-state index in [-0.39, 0.29) is 17.0 Å². The zero-order chi connectivity index (χ0) is 5.98. The van der Waals surface area contributed by atoms with Gasteiger partial charge in [0.25, 0.3) is 0 Å². The van der Waals surface area contributed by atoms with Gasteiger partial charge in [-0.05, 0) is 12.1 Å². The molecule has 0 aliphatic carbocycles. The lowest BCUT2D eigenvalue weighted by Gasteiger charge is -1.91. The number of hydrogen-bond acceptors (Lipinski definition) is 2. The molecule has 0 amide bonds. The standard InChI is InChI=1S/C6H6O2.H2O/c7-5-3-1-2-4-6(5)8;/h1-4,7-8H;1H2. The van der Waals surface area contributed by atoms with Gasteiger partial charge in [-0.3, -0.25) is 0 Å². The van der Waals surface area contributed by atoms with E-state index in [1.54, 1.807) is 12.1 Å². The molecule has 3 heteroatoms. The van der Waals surface area contributed by atoms with Crippen molar-refractivity contribution >= 4 is 0 Å². The Kier molecular flexibility index (Phi) is 2.54. The maximum Gasteiger partial charge on any atom is 0.157 e. The van der Waals surface area contributed by atoms with E-state index in [0.717, 1.165) is 0 Å². The first-order chi connectivity index (χ1) is 3.80. The zero-order valence-electron chi connectivity index (χ0n) is 4.70. The smallest absolute Gasteiger partial charge is 0.157 e. The van der Waals surface area contributed by atoms with Crippen LogP contribution in [0.15, 0.2) is 24.3 Å². The normalized spacial score (nSPS) is 8.00. The molecule has 0 atom stereocenters. The summed E-state index contributed by atoms with van der Waals surface area (Å²) in [7, 11) is 0. The lowest BCUT2D eigenvalue weighted by molar-refractivity contribution is 0.404. The average Bonchev–Trinajstić information content (AvgIpc) is 1.77. The van der Waals surface area contributed by atoms with Crippen molar-refractivity contribution in [2.24, 2.45) is 0 Å². The van der Waals surface area contributed by atoms with Gasteiger partial charge in [-0.1, -0.05) is 12.1 Å². The van der Waals surface area contributed by atoms with Crippen LogP contribution in [0, 0.1) is 0 Å². The van der Waals surface area contributed by atoms with Gasteiger partial charge in [0, 0.05) is 0 Å². The van der Waals surface area contributed by atoms with Gasteiger partial charge in [-0.15, -0.1) is 0 Å². The maximum atomic E-state index is 8.67. The molecule has 0 spiro atoms. The minimum absolute atomic E-state index is 0. The van der Waals surface area contributed by atoms with Crippen molar-refractivity contribution < 1.29 is 15.7 Å². The van der Waals surface area contributed by atoms with Crippen LogP contribution in [0.25, 0.3) is 0 Å². The van der Waals surface area contributed by atoms with Crippen molar-refractivity contribution in [2.75, 3.05) is 0 Å². The highest BCUT2D eigenvalue weighted by Gasteiger charge is 1.90. The van der Waals surface area contributed by atoms with E-state index in [9.17, 15) is 0 Å². The fourth-order valence-corrected chi connectivity index (χ4v) is 0.464. The summed E-state index contributed by atoms with van der Waals surface area (Å²) >= 11 is 0. The Balaban J connectivity index is 0.000000640. The molecule has 1 rings (SSSR count). The van der Waals surface area contributed by atoms with E-state index in [0.29, 0.717) is 0 Å². The van der Waals surface area contributed by atoms with Gasteiger partial charge in [0.2, 0.25) is 0 Å². The maximum absolute atomic E-state index is 8.67. The Hall–Kier alpha value is -1.22. The number of aromatic hydroxyl groups is 2. The fourth-order valence-electron chi connectivity index (χ4n) is 0.464. The Bertz CT molecular complexity index is 164. The lowest BCUT2D eigenvalue weighted by atomic mass is 10.3. The van der Waals surface area contributed by atoms with Gasteiger partial charge in [0.15, 0.2) is 11.5 Å². The summed E-state index contributed by atoms with van der Waals surface area (Å²) < 4.78 is 0. The number of hydrogen-bond donors (Lipinski definition) is 2. The first-order valence-corrected chi connectivity index (χ1v) is 2.27. The monoisotopic (exact) mass is 128 g/mol. The molecular formula is C6H8O3. The van der Waals surface area contributed by atoms with Gasteiger partial charge >= 0.3 is 0 Å². The molecule has 50 valence electrons. The number of benzene rings is 1. The molecule has 0 fully saturated rings. The summed E-state index contributed by atoms with van der Waals surface area (Å²) in [5, 5.41) is 17.3. The highest BCUT2D eigenvalue weighted by atomic mass is 16.3. The number of phenols is 2. The SMILES string of the molecule is O.Oc1ccccc1O. The van der Waals surface area contributed by atoms with Crippen molar-refractivity contribution in [2.45, 2.75) is 0 Å². The fraction of sp³-hybridized carbons (Fsp3) is 0. The summed E-state index contributed by atoms with van der Waals surface area (Å²) in [4.78, 5) is 0. The van der Waals surface area contributed by atoms with E-state index < -0.39 is 0 Å². The number of phenolic OH excluding ortho intramolecular Hbond substituents is 2. The van der Waals surface area contributed by atoms with E-state index >= 15 is 0 Å². The van der Waals surface area contributed by atoms with Crippen molar-refractivity contribution in [3.63, 3.8) is 0 Å². The van der Waals surface area contributed by atoms with Crippen LogP contribution in [0.4, 0.5) is 0 Å². The average molecular weight is 128 g/mol. The summed E-state index contributed by atoms with van der Waals surface area (Å²) in [6.07, 6.45) is 0. The molecule has 0 saturated heterocycles. The first kappa shape index (κ1) is 7.78. The van der Waals surface area contributed by atoms with Crippen LogP contribution in [0.5, 0.6) is 11.5 Å². The van der Waals surface area contributed by atoms with E-state index in [1.807, 2.05) is 0 Å². The Morgan fingerprint density at radius 3 is 1.44 bits per heavy atom. The van der Waals surface area contributed by atoms with Crippen LogP contribution >= 0.6 is 0 Å². The summed E-state index contributed by atoms with van der Waals surface area (Å²) in [6, 6.07) is 6.15. The first-order valence-electron chi connectivity index (χ1n) is 2.27. The molecule has 4 N–H and O–H groups in total. The topological polar surface area (TPSA) is 72.0 Å². The molecule has 0 bridgehead atoms. The largest absolute Gasteiger partial charge is 0.504 e. The van der Waals surface area contributed by atoms with Gasteiger partial charge in [-0.2, -0.15) is 0 Å². The summed E-state index contributed by atoms with van der Waals surface area (Å²) in [5.74, 6) is -0.153. The molecule has 0 radical (unpaired) electrons. The zero-order valence-corrected chi connectivity index (χ0v) is 4.70. The summed E-state index contributed by atoms with van der Waals surface area (Å²) in [6.45, 7) is 0. The van der Waals surface area contributed by atoms with E-state index in [2.05, 4.69) is 0 Å². The van der Waals surface area contributed by atoms with Crippen LogP contribution in [0.2, 0.25) is 0 Å². The Morgan fingerprint density at radius 2 is 1.22 bits per heavy atom. The van der Waals surface area contributed by atoms with Crippen LogP contribution in [-0.2, 0) is 0 Å². The highest BCUT2D eigenvalue weighted by Crippen LogP contribution is 2.21. The molecule has 9 heavy (non-hydrogen) atoms. The number of rotatable bonds is 0. The van der Waals surface area contributed by atoms with E-state index in [4.69, 9.17) is 10.2 Å². The molecule has 0 heterocycles. The second kappa shape index (κ2) is 2.94. The molecule has 0 unspecified atom stereocenters. The highest BCUT2D eigenvalue weighted by molar-refractivity contribution is 5.36. The van der Waals surface area contributed by atoms with Crippen LogP contribution in [0.1, 0.15) is 0 Å². The molecule has 1 aromatic rings.